The van der Waals surface area contributed by atoms with Gasteiger partial charge in [-0.25, -0.2) is 9.48 Å². The molecule has 168 valence electrons. The maximum Gasteiger partial charge on any atom is 0.341 e. The summed E-state index contributed by atoms with van der Waals surface area (Å²) >= 11 is 1.29. The summed E-state index contributed by atoms with van der Waals surface area (Å²) < 4.78 is 6.94. The first-order valence-electron chi connectivity index (χ1n) is 10.5. The van der Waals surface area contributed by atoms with Crippen LogP contribution in [0.2, 0.25) is 0 Å². The first-order valence-corrected chi connectivity index (χ1v) is 11.4. The van der Waals surface area contributed by atoms with Crippen LogP contribution in [0.4, 0.5) is 5.00 Å². The molecule has 2 aromatic carbocycles. The molecule has 2 aromatic heterocycles. The molecule has 1 amide bonds. The van der Waals surface area contributed by atoms with Crippen LogP contribution in [-0.2, 0) is 11.3 Å². The van der Waals surface area contributed by atoms with Crippen LogP contribution in [0, 0.1) is 6.92 Å². The highest BCUT2D eigenvalue weighted by Gasteiger charge is 2.23. The van der Waals surface area contributed by atoms with Crippen LogP contribution in [0.5, 0.6) is 0 Å². The van der Waals surface area contributed by atoms with Crippen molar-refractivity contribution in [2.75, 3.05) is 11.9 Å². The van der Waals surface area contributed by atoms with Crippen molar-refractivity contribution in [2.45, 2.75) is 27.3 Å². The lowest BCUT2D eigenvalue weighted by Crippen LogP contribution is -2.15. The Labute approximate surface area is 195 Å². The summed E-state index contributed by atoms with van der Waals surface area (Å²) in [6.45, 7) is 6.55. The highest BCUT2D eigenvalue weighted by atomic mass is 32.1. The van der Waals surface area contributed by atoms with E-state index in [0.717, 1.165) is 22.3 Å². The molecule has 0 unspecified atom stereocenters. The number of aromatic nitrogens is 4. The fourth-order valence-electron chi connectivity index (χ4n) is 3.40. The lowest BCUT2D eigenvalue weighted by atomic mass is 10.0. The third-order valence-electron chi connectivity index (χ3n) is 5.07. The maximum atomic E-state index is 13.1. The summed E-state index contributed by atoms with van der Waals surface area (Å²) in [5, 5.41) is 16.9. The number of esters is 1. The summed E-state index contributed by atoms with van der Waals surface area (Å²) in [6, 6.07) is 14.9. The van der Waals surface area contributed by atoms with Gasteiger partial charge in [0.25, 0.3) is 5.91 Å². The van der Waals surface area contributed by atoms with Gasteiger partial charge in [-0.15, -0.1) is 16.4 Å². The highest BCUT2D eigenvalue weighted by Crippen LogP contribution is 2.36. The van der Waals surface area contributed by atoms with E-state index in [1.165, 1.54) is 11.3 Å². The van der Waals surface area contributed by atoms with Gasteiger partial charge in [0.15, 0.2) is 5.82 Å². The molecule has 0 saturated carbocycles. The van der Waals surface area contributed by atoms with Gasteiger partial charge in [-0.1, -0.05) is 42.0 Å². The number of ether oxygens (including phenoxy) is 1. The first-order chi connectivity index (χ1) is 16.0. The predicted octanol–water partition coefficient (Wildman–Crippen LogP) is 4.83. The van der Waals surface area contributed by atoms with Crippen LogP contribution < -0.4 is 5.32 Å². The molecular weight excluding hydrogens is 438 g/mol. The first kappa shape index (κ1) is 22.3. The van der Waals surface area contributed by atoms with Crippen molar-refractivity contribution in [2.24, 2.45) is 0 Å². The number of carbonyl (C=O) groups excluding carboxylic acids is 2. The predicted molar refractivity (Wildman–Crippen MR) is 127 cm³/mol. The molecule has 0 bridgehead atoms. The van der Waals surface area contributed by atoms with Gasteiger partial charge in [-0.2, -0.15) is 0 Å². The third kappa shape index (κ3) is 4.68. The highest BCUT2D eigenvalue weighted by molar-refractivity contribution is 7.15. The molecule has 0 aliphatic carbocycles. The Hall–Kier alpha value is -3.85. The van der Waals surface area contributed by atoms with Crippen LogP contribution in [0.1, 0.15) is 40.1 Å². The number of hydrogen-bond acceptors (Lipinski definition) is 7. The number of rotatable bonds is 7. The Kier molecular flexibility index (Phi) is 6.60. The van der Waals surface area contributed by atoms with E-state index in [4.69, 9.17) is 4.74 Å². The van der Waals surface area contributed by atoms with Gasteiger partial charge in [-0.3, -0.25) is 4.79 Å². The summed E-state index contributed by atoms with van der Waals surface area (Å²) in [5.41, 5.74) is 4.24. The lowest BCUT2D eigenvalue weighted by molar-refractivity contribution is 0.0529. The zero-order chi connectivity index (χ0) is 23.4. The topological polar surface area (TPSA) is 99.0 Å². The average Bonchev–Trinajstić information content (AvgIpc) is 3.47. The molecule has 8 nitrogen and oxygen atoms in total. The van der Waals surface area contributed by atoms with Crippen molar-refractivity contribution in [3.8, 4) is 22.5 Å². The number of amides is 1. The van der Waals surface area contributed by atoms with Crippen LogP contribution in [0.3, 0.4) is 0 Å². The Balaban J connectivity index is 1.66. The zero-order valence-corrected chi connectivity index (χ0v) is 19.3. The van der Waals surface area contributed by atoms with Crippen LogP contribution in [0.15, 0.2) is 53.9 Å². The van der Waals surface area contributed by atoms with E-state index in [1.54, 1.807) is 29.8 Å². The van der Waals surface area contributed by atoms with E-state index in [-0.39, 0.29) is 12.5 Å². The number of benzene rings is 2. The Bertz CT molecular complexity index is 1290. The minimum Gasteiger partial charge on any atom is -0.462 e. The number of tetrazole rings is 1. The van der Waals surface area contributed by atoms with E-state index < -0.39 is 5.97 Å². The van der Waals surface area contributed by atoms with Crippen molar-refractivity contribution >= 4 is 28.2 Å². The quantitative estimate of drug-likeness (QED) is 0.396. The lowest BCUT2D eigenvalue weighted by Gasteiger charge is -2.10. The number of nitrogens with one attached hydrogen (secondary N) is 1. The Morgan fingerprint density at radius 1 is 1.09 bits per heavy atom. The number of hydrogen-bond donors (Lipinski definition) is 1. The van der Waals surface area contributed by atoms with Crippen molar-refractivity contribution in [1.29, 1.82) is 0 Å². The summed E-state index contributed by atoms with van der Waals surface area (Å²) in [5.74, 6) is -0.229. The minimum atomic E-state index is -0.472. The van der Waals surface area contributed by atoms with Crippen molar-refractivity contribution in [1.82, 2.24) is 20.2 Å². The molecule has 0 radical (unpaired) electrons. The average molecular weight is 462 g/mol. The molecule has 4 rings (SSSR count). The Morgan fingerprint density at radius 3 is 2.61 bits per heavy atom. The zero-order valence-electron chi connectivity index (χ0n) is 18.5. The second kappa shape index (κ2) is 9.74. The number of carbonyl (C=O) groups is 2. The van der Waals surface area contributed by atoms with Gasteiger partial charge in [0.1, 0.15) is 10.6 Å². The number of aryl methyl sites for hydroxylation is 2. The molecule has 2 heterocycles. The van der Waals surface area contributed by atoms with E-state index in [0.29, 0.717) is 28.5 Å². The second-order valence-electron chi connectivity index (χ2n) is 7.29. The normalized spacial score (nSPS) is 10.8. The molecule has 9 heteroatoms. The van der Waals surface area contributed by atoms with Crippen LogP contribution >= 0.6 is 11.3 Å². The second-order valence-corrected chi connectivity index (χ2v) is 8.17. The van der Waals surface area contributed by atoms with Gasteiger partial charge in [-0.05, 0) is 48.9 Å². The maximum absolute atomic E-state index is 13.1. The largest absolute Gasteiger partial charge is 0.462 e. The number of thiophene rings is 1. The molecule has 0 spiro atoms. The molecule has 0 atom stereocenters. The molecule has 33 heavy (non-hydrogen) atoms. The molecule has 0 fully saturated rings. The SMILES string of the molecule is CCOC(=O)c1c(-c2ccc(C)cc2)csc1NC(=O)c1cccc(-c2nnnn2CC)c1. The van der Waals surface area contributed by atoms with Crippen molar-refractivity contribution < 1.29 is 14.3 Å². The molecule has 1 N–H and O–H groups in total. The fraction of sp³-hybridized carbons (Fsp3) is 0.208. The van der Waals surface area contributed by atoms with Gasteiger partial charge in [0, 0.05) is 28.6 Å². The van der Waals surface area contributed by atoms with E-state index in [9.17, 15) is 9.59 Å². The van der Waals surface area contributed by atoms with Gasteiger partial charge >= 0.3 is 5.97 Å². The molecule has 0 aliphatic heterocycles. The van der Waals surface area contributed by atoms with Crippen molar-refractivity contribution in [3.63, 3.8) is 0 Å². The molecular formula is C24H23N5O3S. The van der Waals surface area contributed by atoms with Gasteiger partial charge < -0.3 is 10.1 Å². The molecule has 4 aromatic rings. The third-order valence-corrected chi connectivity index (χ3v) is 5.97. The smallest absolute Gasteiger partial charge is 0.341 e. The van der Waals surface area contributed by atoms with Gasteiger partial charge in [0.2, 0.25) is 0 Å². The summed E-state index contributed by atoms with van der Waals surface area (Å²) in [6.07, 6.45) is 0. The monoisotopic (exact) mass is 461 g/mol. The summed E-state index contributed by atoms with van der Waals surface area (Å²) in [7, 11) is 0. The van der Waals surface area contributed by atoms with E-state index >= 15 is 0 Å². The number of anilines is 1. The van der Waals surface area contributed by atoms with Gasteiger partial charge in [0.05, 0.1) is 6.61 Å². The fourth-order valence-corrected chi connectivity index (χ4v) is 4.35. The summed E-state index contributed by atoms with van der Waals surface area (Å²) in [4.78, 5) is 25.9. The molecule has 0 aliphatic rings. The van der Waals surface area contributed by atoms with Crippen LogP contribution in [0.25, 0.3) is 22.5 Å². The minimum absolute atomic E-state index is 0.240. The Morgan fingerprint density at radius 2 is 1.88 bits per heavy atom. The van der Waals surface area contributed by atoms with E-state index in [1.807, 2.05) is 49.6 Å². The van der Waals surface area contributed by atoms with E-state index in [2.05, 4.69) is 20.8 Å². The number of nitrogens with zero attached hydrogens (tertiary/aromatic N) is 4. The molecule has 0 saturated heterocycles. The van der Waals surface area contributed by atoms with Crippen molar-refractivity contribution in [3.05, 3.63) is 70.6 Å². The standard InChI is InChI=1S/C24H23N5O3S/c1-4-29-21(26-27-28-29)17-7-6-8-18(13-17)22(30)25-23-20(24(31)32-5-2)19(14-33-23)16-11-9-15(3)10-12-16/h6-14H,4-5H2,1-3H3,(H,25,30). The van der Waals surface area contributed by atoms with Crippen LogP contribution in [-0.4, -0.2) is 38.7 Å².